The standard InChI is InChI=1S/C53H82O24/c1-20-14-52-22(15-48(2,3)16-29(52)73-44-36(63)33(60)31(58)24(17-54)70-44)21-8-9-27-50(6)12-11-28(49(4,5)26(50)10-13-51(27,7)53(20,21)77-47(52)68)72-46-41(76-45-37(64)34(61)32(59)25(18-55)71-45)39(38(65)40(75-46)42(66)67)74-43-35(62)30(57)23(56)19-69-43/h8,20,22-41,43-46,54-65H,9-19H2,1-7H3,(H,66,67). The monoisotopic (exact) mass is 1100 g/mol. The molecule has 6 saturated heterocycles. The number of carboxylic acid groups (broad SMARTS) is 1. The summed E-state index contributed by atoms with van der Waals surface area (Å²) in [6.07, 6.45) is -28.0. The molecule has 2 bridgehead atoms. The zero-order valence-corrected chi connectivity index (χ0v) is 44.6. The Morgan fingerprint density at radius 2 is 1.22 bits per heavy atom. The van der Waals surface area contributed by atoms with E-state index in [-0.39, 0.29) is 29.1 Å². The lowest BCUT2D eigenvalue weighted by molar-refractivity contribution is -0.392. The van der Waals surface area contributed by atoms with E-state index in [9.17, 15) is 71.2 Å². The van der Waals surface area contributed by atoms with Crippen molar-refractivity contribution < 1.29 is 119 Å². The predicted molar refractivity (Wildman–Crippen MR) is 257 cm³/mol. The first-order valence-corrected chi connectivity index (χ1v) is 27.4. The molecule has 24 nitrogen and oxygen atoms in total. The maximum Gasteiger partial charge on any atom is 0.335 e. The molecule has 6 heterocycles. The molecule has 11 rings (SSSR count). The zero-order valence-electron chi connectivity index (χ0n) is 44.6. The molecule has 24 heteroatoms. The molecule has 0 amide bonds. The highest BCUT2D eigenvalue weighted by Crippen LogP contribution is 2.77. The third kappa shape index (κ3) is 8.75. The summed E-state index contributed by atoms with van der Waals surface area (Å²) in [5.74, 6) is -2.65. The lowest BCUT2D eigenvalue weighted by Crippen LogP contribution is -2.78. The van der Waals surface area contributed by atoms with Crippen LogP contribution in [0.5, 0.6) is 0 Å². The van der Waals surface area contributed by atoms with Crippen LogP contribution in [0.1, 0.15) is 99.8 Å². The Labute approximate surface area is 446 Å². The van der Waals surface area contributed by atoms with Crippen LogP contribution in [0.2, 0.25) is 0 Å². The Bertz CT molecular complexity index is 2230. The van der Waals surface area contributed by atoms with Gasteiger partial charge in [0.25, 0.3) is 0 Å². The number of esters is 1. The number of allylic oxidation sites excluding steroid dienone is 1. The molecule has 29 atom stereocenters. The van der Waals surface area contributed by atoms with Crippen molar-refractivity contribution in [2.75, 3.05) is 19.8 Å². The number of aliphatic hydroxyl groups excluding tert-OH is 12. The van der Waals surface area contributed by atoms with Crippen molar-refractivity contribution in [2.45, 2.75) is 234 Å². The maximum absolute atomic E-state index is 15.2. The van der Waals surface area contributed by atoms with Crippen molar-refractivity contribution in [1.82, 2.24) is 0 Å². The number of hydrogen-bond acceptors (Lipinski definition) is 23. The fourth-order valence-electron chi connectivity index (χ4n) is 17.1. The summed E-state index contributed by atoms with van der Waals surface area (Å²) in [6.45, 7) is 13.0. The Morgan fingerprint density at radius 3 is 1.83 bits per heavy atom. The van der Waals surface area contributed by atoms with Gasteiger partial charge < -0.3 is 109 Å². The van der Waals surface area contributed by atoms with Gasteiger partial charge in [-0.2, -0.15) is 0 Å². The minimum absolute atomic E-state index is 0.0374. The normalized spacial score (nSPS) is 54.9. The molecule has 0 radical (unpaired) electrons. The number of rotatable bonds is 11. The first-order valence-electron chi connectivity index (χ1n) is 27.4. The second kappa shape index (κ2) is 20.3. The molecule has 4 saturated carbocycles. The molecule has 10 fully saturated rings. The van der Waals surface area contributed by atoms with E-state index < -0.39 is 188 Å². The summed E-state index contributed by atoms with van der Waals surface area (Å²) in [5, 5.41) is 139. The number of carbonyl (C=O) groups is 2. The average Bonchev–Trinajstić information content (AvgIpc) is 3.36. The minimum Gasteiger partial charge on any atom is -0.479 e. The van der Waals surface area contributed by atoms with Gasteiger partial charge in [-0.05, 0) is 85.0 Å². The third-order valence-electron chi connectivity index (χ3n) is 21.0. The van der Waals surface area contributed by atoms with Gasteiger partial charge in [-0.3, -0.25) is 4.79 Å². The van der Waals surface area contributed by atoms with Gasteiger partial charge >= 0.3 is 11.9 Å². The van der Waals surface area contributed by atoms with Crippen molar-refractivity contribution in [3.63, 3.8) is 0 Å². The molecule has 0 aromatic heterocycles. The fraction of sp³-hybridized carbons (Fsp3) is 0.925. The van der Waals surface area contributed by atoms with Gasteiger partial charge in [0.15, 0.2) is 31.3 Å². The number of aliphatic carboxylic acids is 1. The molecule has 0 aromatic rings. The SMILES string of the molecule is CC1CC23C(=O)OC14C(=CCC1C5(C)CCC(OC6OC(C(=O)O)C(O)C(OC7OCC(O)C(O)C7O)C6OC6OC(CO)C(O)C(O)C6O)C(C)(C)C5CCC14C)C2CC(C)(C)CC3OC1OC(CO)C(O)C(O)C1O. The summed E-state index contributed by atoms with van der Waals surface area (Å²) in [7, 11) is 0. The van der Waals surface area contributed by atoms with Crippen LogP contribution in [0.15, 0.2) is 11.6 Å². The fourth-order valence-corrected chi connectivity index (χ4v) is 17.1. The van der Waals surface area contributed by atoms with Crippen LogP contribution in [-0.2, 0) is 52.2 Å². The lowest BCUT2D eigenvalue weighted by atomic mass is 9.33. The van der Waals surface area contributed by atoms with Crippen LogP contribution in [0, 0.1) is 50.7 Å². The molecular weight excluding hydrogens is 1020 g/mol. The van der Waals surface area contributed by atoms with Gasteiger partial charge in [-0.1, -0.05) is 54.5 Å². The summed E-state index contributed by atoms with van der Waals surface area (Å²) in [6, 6.07) is 0. The Hall–Kier alpha value is -2.12. The number of ether oxygens (including phenoxy) is 9. The average molecular weight is 1100 g/mol. The molecular formula is C53H82O24. The van der Waals surface area contributed by atoms with Gasteiger partial charge in [0.05, 0.1) is 32.0 Å². The first kappa shape index (κ1) is 58.1. The van der Waals surface area contributed by atoms with E-state index in [0.29, 0.717) is 51.4 Å². The van der Waals surface area contributed by atoms with Gasteiger partial charge in [-0.15, -0.1) is 0 Å². The van der Waals surface area contributed by atoms with Crippen molar-refractivity contribution in [1.29, 1.82) is 0 Å². The number of carbonyl (C=O) groups excluding carboxylic acids is 1. The van der Waals surface area contributed by atoms with E-state index in [2.05, 4.69) is 54.5 Å². The summed E-state index contributed by atoms with van der Waals surface area (Å²) >= 11 is 0. The Balaban J connectivity index is 0.949. The van der Waals surface area contributed by atoms with Crippen LogP contribution in [0.25, 0.3) is 0 Å². The molecule has 5 aliphatic carbocycles. The van der Waals surface area contributed by atoms with E-state index in [1.54, 1.807) is 0 Å². The van der Waals surface area contributed by atoms with Crippen molar-refractivity contribution in [2.24, 2.45) is 50.7 Å². The smallest absolute Gasteiger partial charge is 0.335 e. The second-order valence-electron chi connectivity index (χ2n) is 26.1. The lowest BCUT2D eigenvalue weighted by Gasteiger charge is -2.75. The highest BCUT2D eigenvalue weighted by molar-refractivity contribution is 5.83. The van der Waals surface area contributed by atoms with Crippen molar-refractivity contribution in [3.05, 3.63) is 11.6 Å². The summed E-state index contributed by atoms with van der Waals surface area (Å²) in [5.41, 5.74) is -3.20. The number of carboxylic acids is 1. The van der Waals surface area contributed by atoms with E-state index in [1.807, 2.05) is 0 Å². The molecule has 13 N–H and O–H groups in total. The van der Waals surface area contributed by atoms with Crippen LogP contribution in [0.3, 0.4) is 0 Å². The van der Waals surface area contributed by atoms with Gasteiger partial charge in [0.1, 0.15) is 96.5 Å². The van der Waals surface area contributed by atoms with Crippen LogP contribution in [-0.4, -0.2) is 233 Å². The topological polar surface area (TPSA) is 380 Å². The number of fused-ring (bicyclic) bond motifs is 5. The maximum atomic E-state index is 15.2. The van der Waals surface area contributed by atoms with E-state index in [4.69, 9.17) is 42.6 Å². The largest absolute Gasteiger partial charge is 0.479 e. The van der Waals surface area contributed by atoms with E-state index in [0.717, 1.165) is 5.57 Å². The Morgan fingerprint density at radius 1 is 0.636 bits per heavy atom. The Kier molecular flexibility index (Phi) is 15.3. The first-order chi connectivity index (χ1) is 36.0. The zero-order chi connectivity index (χ0) is 56.0. The molecule has 77 heavy (non-hydrogen) atoms. The highest BCUT2D eigenvalue weighted by atomic mass is 16.8. The number of hydrogen-bond donors (Lipinski definition) is 13. The van der Waals surface area contributed by atoms with Crippen LogP contribution < -0.4 is 0 Å². The molecule has 2 spiro atoms. The second-order valence-corrected chi connectivity index (χ2v) is 26.1. The predicted octanol–water partition coefficient (Wildman–Crippen LogP) is -2.32. The molecule has 438 valence electrons. The minimum atomic E-state index is -2.11. The number of aliphatic hydroxyl groups is 12. The van der Waals surface area contributed by atoms with Gasteiger partial charge in [0.2, 0.25) is 0 Å². The summed E-state index contributed by atoms with van der Waals surface area (Å²) in [4.78, 5) is 28.1. The van der Waals surface area contributed by atoms with Gasteiger partial charge in [0, 0.05) is 17.3 Å². The summed E-state index contributed by atoms with van der Waals surface area (Å²) < 4.78 is 56.0. The van der Waals surface area contributed by atoms with Crippen molar-refractivity contribution >= 4 is 11.9 Å². The molecule has 6 aliphatic heterocycles. The van der Waals surface area contributed by atoms with Crippen LogP contribution in [0.4, 0.5) is 0 Å². The highest BCUT2D eigenvalue weighted by Gasteiger charge is 2.79. The van der Waals surface area contributed by atoms with Gasteiger partial charge in [-0.25, -0.2) is 4.79 Å². The molecule has 29 unspecified atom stereocenters. The van der Waals surface area contributed by atoms with E-state index >= 15 is 4.79 Å². The molecule has 0 aromatic carbocycles. The molecule has 11 aliphatic rings. The van der Waals surface area contributed by atoms with E-state index in [1.165, 1.54) is 0 Å². The van der Waals surface area contributed by atoms with Crippen molar-refractivity contribution in [3.8, 4) is 0 Å². The van der Waals surface area contributed by atoms with Crippen LogP contribution >= 0.6 is 0 Å². The third-order valence-corrected chi connectivity index (χ3v) is 21.0. The quantitative estimate of drug-likeness (QED) is 0.0587.